The highest BCUT2D eigenvalue weighted by molar-refractivity contribution is 9.12. The number of aliphatic imine (C=N–C) groups is 1. The van der Waals surface area contributed by atoms with Crippen molar-refractivity contribution in [3.8, 4) is 0 Å². The van der Waals surface area contributed by atoms with Gasteiger partial charge in [0.15, 0.2) is 11.6 Å². The van der Waals surface area contributed by atoms with E-state index in [4.69, 9.17) is 4.74 Å². The van der Waals surface area contributed by atoms with Crippen molar-refractivity contribution in [3.63, 3.8) is 0 Å². The Morgan fingerprint density at radius 2 is 2.29 bits per heavy atom. The molecule has 2 rings (SSSR count). The third kappa shape index (κ3) is 2.75. The maximum absolute atomic E-state index is 11.4. The molecular formula is C11H9Br2NO3. The molecule has 0 aromatic carbocycles. The van der Waals surface area contributed by atoms with Crippen molar-refractivity contribution in [1.82, 2.24) is 0 Å². The summed E-state index contributed by atoms with van der Waals surface area (Å²) in [6.45, 7) is 1.60. The minimum atomic E-state index is -0.715. The van der Waals surface area contributed by atoms with Gasteiger partial charge in [0.1, 0.15) is 0 Å². The first-order valence-electron chi connectivity index (χ1n) is 4.87. The molecule has 2 aliphatic rings. The van der Waals surface area contributed by atoms with Crippen molar-refractivity contribution < 1.29 is 14.6 Å². The predicted octanol–water partition coefficient (Wildman–Crippen LogP) is 2.19. The van der Waals surface area contributed by atoms with Gasteiger partial charge in [0.2, 0.25) is 0 Å². The highest BCUT2D eigenvalue weighted by atomic mass is 79.9. The SMILES string of the molecule is CC1=N/C(=C/C2=CC(Br)=C[C@@H](Br)[C@@H]2O)C(=O)O1. The zero-order valence-corrected chi connectivity index (χ0v) is 12.0. The van der Waals surface area contributed by atoms with Crippen LogP contribution in [0.25, 0.3) is 0 Å². The second kappa shape index (κ2) is 4.88. The van der Waals surface area contributed by atoms with Gasteiger partial charge in [0.05, 0.1) is 10.9 Å². The first kappa shape index (κ1) is 12.7. The summed E-state index contributed by atoms with van der Waals surface area (Å²) in [4.78, 5) is 15.1. The number of carbonyl (C=O) groups excluding carboxylic acids is 1. The van der Waals surface area contributed by atoms with Crippen LogP contribution in [0.1, 0.15) is 6.92 Å². The van der Waals surface area contributed by atoms with Crippen molar-refractivity contribution >= 4 is 43.7 Å². The molecule has 0 spiro atoms. The Morgan fingerprint density at radius 3 is 2.88 bits per heavy atom. The van der Waals surface area contributed by atoms with Gasteiger partial charge in [-0.1, -0.05) is 37.9 Å². The molecule has 2 atom stereocenters. The van der Waals surface area contributed by atoms with Gasteiger partial charge < -0.3 is 9.84 Å². The summed E-state index contributed by atoms with van der Waals surface area (Å²) < 4.78 is 5.64. The quantitative estimate of drug-likeness (QED) is 0.442. The van der Waals surface area contributed by atoms with Crippen molar-refractivity contribution in [2.45, 2.75) is 17.9 Å². The van der Waals surface area contributed by atoms with Crippen LogP contribution in [0.15, 0.2) is 39.0 Å². The number of hydrogen-bond donors (Lipinski definition) is 1. The van der Waals surface area contributed by atoms with Crippen LogP contribution in [-0.4, -0.2) is 27.9 Å². The lowest BCUT2D eigenvalue weighted by Gasteiger charge is -2.20. The van der Waals surface area contributed by atoms with Gasteiger partial charge in [-0.3, -0.25) is 0 Å². The third-order valence-corrected chi connectivity index (χ3v) is 3.56. The Balaban J connectivity index is 2.33. The van der Waals surface area contributed by atoms with Crippen LogP contribution in [0.3, 0.4) is 0 Å². The molecule has 0 amide bonds. The van der Waals surface area contributed by atoms with E-state index in [1.165, 1.54) is 6.08 Å². The lowest BCUT2D eigenvalue weighted by Crippen LogP contribution is -2.23. The van der Waals surface area contributed by atoms with E-state index < -0.39 is 12.1 Å². The normalized spacial score (nSPS) is 30.9. The number of halogens is 2. The maximum atomic E-state index is 11.4. The molecule has 0 bridgehead atoms. The molecule has 0 aromatic heterocycles. The lowest BCUT2D eigenvalue weighted by atomic mass is 10.0. The fourth-order valence-corrected chi connectivity index (χ4v) is 3.01. The summed E-state index contributed by atoms with van der Waals surface area (Å²) in [6.07, 6.45) is 4.39. The van der Waals surface area contributed by atoms with Gasteiger partial charge in [-0.25, -0.2) is 9.79 Å². The van der Waals surface area contributed by atoms with E-state index in [1.54, 1.807) is 13.0 Å². The van der Waals surface area contributed by atoms with Crippen LogP contribution in [0.4, 0.5) is 0 Å². The second-order valence-corrected chi connectivity index (χ2v) is 5.61. The number of ether oxygens (including phenoxy) is 1. The lowest BCUT2D eigenvalue weighted by molar-refractivity contribution is -0.130. The number of rotatable bonds is 1. The van der Waals surface area contributed by atoms with Gasteiger partial charge in [-0.05, 0) is 17.7 Å². The van der Waals surface area contributed by atoms with Crippen molar-refractivity contribution in [1.29, 1.82) is 0 Å². The predicted molar refractivity (Wildman–Crippen MR) is 71.1 cm³/mol. The number of carbonyl (C=O) groups is 1. The molecule has 0 radical (unpaired) electrons. The molecule has 1 heterocycles. The molecule has 0 saturated carbocycles. The first-order chi connectivity index (χ1) is 7.97. The molecule has 0 fully saturated rings. The van der Waals surface area contributed by atoms with E-state index >= 15 is 0 Å². The Bertz CT molecular complexity index is 491. The van der Waals surface area contributed by atoms with E-state index in [0.717, 1.165) is 4.48 Å². The summed E-state index contributed by atoms with van der Waals surface area (Å²) in [5.74, 6) is -0.176. The molecule has 1 aliphatic carbocycles. The van der Waals surface area contributed by atoms with Crippen LogP contribution in [-0.2, 0) is 9.53 Å². The molecule has 1 N–H and O–H groups in total. The molecule has 0 aromatic rings. The highest BCUT2D eigenvalue weighted by Crippen LogP contribution is 2.28. The summed E-state index contributed by atoms with van der Waals surface area (Å²) in [7, 11) is 0. The van der Waals surface area contributed by atoms with E-state index in [2.05, 4.69) is 36.9 Å². The topological polar surface area (TPSA) is 58.9 Å². The molecule has 0 saturated heterocycles. The minimum Gasteiger partial charge on any atom is -0.407 e. The Kier molecular flexibility index (Phi) is 3.65. The summed E-state index contributed by atoms with van der Waals surface area (Å²) >= 11 is 6.67. The molecule has 1 aliphatic heterocycles. The number of allylic oxidation sites excluding steroid dienone is 2. The van der Waals surface area contributed by atoms with Crippen LogP contribution < -0.4 is 0 Å². The highest BCUT2D eigenvalue weighted by Gasteiger charge is 2.25. The molecule has 17 heavy (non-hydrogen) atoms. The van der Waals surface area contributed by atoms with Crippen molar-refractivity contribution in [2.24, 2.45) is 4.99 Å². The van der Waals surface area contributed by atoms with E-state index in [1.807, 2.05) is 6.08 Å². The number of aliphatic hydroxyl groups is 1. The summed E-state index contributed by atoms with van der Waals surface area (Å²) in [5, 5.41) is 9.94. The number of hydrogen-bond acceptors (Lipinski definition) is 4. The smallest absolute Gasteiger partial charge is 0.363 e. The van der Waals surface area contributed by atoms with Gasteiger partial charge in [-0.2, -0.15) is 0 Å². The third-order valence-electron chi connectivity index (χ3n) is 2.30. The van der Waals surface area contributed by atoms with E-state index in [9.17, 15) is 9.90 Å². The number of cyclic esters (lactones) is 1. The van der Waals surface area contributed by atoms with Crippen molar-refractivity contribution in [3.05, 3.63) is 34.0 Å². The maximum Gasteiger partial charge on any atom is 0.363 e. The number of alkyl halides is 1. The Hall–Kier alpha value is -0.720. The first-order valence-corrected chi connectivity index (χ1v) is 6.58. The van der Waals surface area contributed by atoms with Crippen molar-refractivity contribution in [2.75, 3.05) is 0 Å². The van der Waals surface area contributed by atoms with Crippen LogP contribution in [0.2, 0.25) is 0 Å². The van der Waals surface area contributed by atoms with Gasteiger partial charge in [0.25, 0.3) is 0 Å². The summed E-state index contributed by atoms with van der Waals surface area (Å²) in [5.41, 5.74) is 0.807. The fraction of sp³-hybridized carbons (Fsp3) is 0.273. The zero-order chi connectivity index (χ0) is 12.6. The minimum absolute atomic E-state index is 0.198. The number of esters is 1. The number of aliphatic hydroxyl groups excluding tert-OH is 1. The standard InChI is InChI=1S/C11H9Br2NO3/c1-5-14-9(11(16)17-5)3-6-2-7(12)4-8(13)10(6)15/h2-4,8,10,15H,1H3/b9-3+/t8-,10-/m1/s1. The van der Waals surface area contributed by atoms with Crippen LogP contribution in [0.5, 0.6) is 0 Å². The molecule has 6 heteroatoms. The number of nitrogens with zero attached hydrogens (tertiary/aromatic N) is 1. The van der Waals surface area contributed by atoms with Crippen LogP contribution >= 0.6 is 31.9 Å². The van der Waals surface area contributed by atoms with E-state index in [0.29, 0.717) is 11.5 Å². The molecule has 0 unspecified atom stereocenters. The Morgan fingerprint density at radius 1 is 1.59 bits per heavy atom. The van der Waals surface area contributed by atoms with Gasteiger partial charge in [-0.15, -0.1) is 0 Å². The molecular weight excluding hydrogens is 354 g/mol. The van der Waals surface area contributed by atoms with Gasteiger partial charge in [0, 0.05) is 11.4 Å². The Labute approximate surface area is 115 Å². The van der Waals surface area contributed by atoms with Gasteiger partial charge >= 0.3 is 5.97 Å². The average Bonchev–Trinajstić information content (AvgIpc) is 2.53. The molecule has 4 nitrogen and oxygen atoms in total. The largest absolute Gasteiger partial charge is 0.407 e. The fourth-order valence-electron chi connectivity index (χ4n) is 1.52. The second-order valence-electron chi connectivity index (χ2n) is 3.64. The van der Waals surface area contributed by atoms with E-state index in [-0.39, 0.29) is 10.5 Å². The monoisotopic (exact) mass is 361 g/mol. The summed E-state index contributed by atoms with van der Waals surface area (Å²) in [6, 6.07) is 0. The molecule has 90 valence electrons. The van der Waals surface area contributed by atoms with Crippen LogP contribution in [0, 0.1) is 0 Å². The zero-order valence-electron chi connectivity index (χ0n) is 8.85. The average molecular weight is 363 g/mol.